The predicted molar refractivity (Wildman–Crippen MR) is 117 cm³/mol. The normalized spacial score (nSPS) is 11.1. The molecule has 3 rings (SSSR count). The van der Waals surface area contributed by atoms with Crippen LogP contribution in [0, 0.1) is 12.7 Å². The Morgan fingerprint density at radius 1 is 1.03 bits per heavy atom. The van der Waals surface area contributed by atoms with E-state index in [2.05, 4.69) is 10.0 Å². The molecule has 6 nitrogen and oxygen atoms in total. The average Bonchev–Trinajstić information content (AvgIpc) is 2.75. The smallest absolute Gasteiger partial charge is 0.262 e. The van der Waals surface area contributed by atoms with Crippen LogP contribution in [0.5, 0.6) is 5.75 Å². The number of hydrogen-bond donors (Lipinski definition) is 2. The number of para-hydroxylation sites is 2. The number of halogens is 1. The largest absolute Gasteiger partial charge is 0.495 e. The predicted octanol–water partition coefficient (Wildman–Crippen LogP) is 3.92. The van der Waals surface area contributed by atoms with Crippen LogP contribution in [0.4, 0.5) is 10.1 Å². The first-order chi connectivity index (χ1) is 14.8. The summed E-state index contributed by atoms with van der Waals surface area (Å²) in [6.07, 6.45) is 0.526. The summed E-state index contributed by atoms with van der Waals surface area (Å²) in [6, 6.07) is 17.2. The topological polar surface area (TPSA) is 84.5 Å². The van der Waals surface area contributed by atoms with E-state index in [0.29, 0.717) is 30.0 Å². The molecule has 0 aliphatic heterocycles. The van der Waals surface area contributed by atoms with E-state index < -0.39 is 15.9 Å². The highest BCUT2D eigenvalue weighted by atomic mass is 32.2. The van der Waals surface area contributed by atoms with Gasteiger partial charge in [-0.1, -0.05) is 30.3 Å². The molecule has 0 saturated carbocycles. The van der Waals surface area contributed by atoms with Crippen molar-refractivity contribution < 1.29 is 22.3 Å². The van der Waals surface area contributed by atoms with Gasteiger partial charge in [0.2, 0.25) is 0 Å². The molecule has 31 heavy (non-hydrogen) atoms. The second-order valence-electron chi connectivity index (χ2n) is 6.92. The molecular formula is C23H23FN2O4S. The van der Waals surface area contributed by atoms with Crippen LogP contribution in [0.15, 0.2) is 71.6 Å². The highest BCUT2D eigenvalue weighted by molar-refractivity contribution is 7.92. The monoisotopic (exact) mass is 442 g/mol. The van der Waals surface area contributed by atoms with E-state index in [1.807, 2.05) is 0 Å². The molecule has 0 saturated heterocycles. The van der Waals surface area contributed by atoms with E-state index in [0.717, 1.165) is 5.56 Å². The fourth-order valence-corrected chi connectivity index (χ4v) is 4.38. The van der Waals surface area contributed by atoms with E-state index in [1.54, 1.807) is 55.5 Å². The lowest BCUT2D eigenvalue weighted by Gasteiger charge is -2.14. The first-order valence-corrected chi connectivity index (χ1v) is 11.1. The lowest BCUT2D eigenvalue weighted by molar-refractivity contribution is 0.0954. The van der Waals surface area contributed by atoms with Gasteiger partial charge in [-0.25, -0.2) is 12.8 Å². The summed E-state index contributed by atoms with van der Waals surface area (Å²) in [5, 5.41) is 2.76. The van der Waals surface area contributed by atoms with Gasteiger partial charge in [-0.05, 0) is 60.9 Å². The number of anilines is 1. The van der Waals surface area contributed by atoms with E-state index in [9.17, 15) is 17.6 Å². The van der Waals surface area contributed by atoms with E-state index in [-0.39, 0.29) is 16.3 Å². The van der Waals surface area contributed by atoms with E-state index in [4.69, 9.17) is 4.74 Å². The van der Waals surface area contributed by atoms with Crippen LogP contribution in [0.25, 0.3) is 0 Å². The van der Waals surface area contributed by atoms with Crippen molar-refractivity contribution in [2.24, 2.45) is 0 Å². The molecule has 3 aromatic rings. The van der Waals surface area contributed by atoms with Gasteiger partial charge in [0, 0.05) is 12.1 Å². The minimum Gasteiger partial charge on any atom is -0.495 e. The summed E-state index contributed by atoms with van der Waals surface area (Å²) in [7, 11) is -2.49. The molecule has 8 heteroatoms. The fraction of sp³-hybridized carbons (Fsp3) is 0.174. The minimum absolute atomic E-state index is 0.00425. The van der Waals surface area contributed by atoms with Crippen LogP contribution in [-0.2, 0) is 16.4 Å². The molecule has 162 valence electrons. The number of rotatable bonds is 8. The quantitative estimate of drug-likeness (QED) is 0.554. The van der Waals surface area contributed by atoms with Gasteiger partial charge in [-0.3, -0.25) is 9.52 Å². The molecule has 1 amide bonds. The summed E-state index contributed by atoms with van der Waals surface area (Å²) < 4.78 is 46.6. The SMILES string of the molecule is COc1ccccc1NS(=O)(=O)c1cc(C(=O)NCCc2ccc(F)cc2)ccc1C. The van der Waals surface area contributed by atoms with Gasteiger partial charge in [0.1, 0.15) is 11.6 Å². The molecule has 0 aromatic heterocycles. The van der Waals surface area contributed by atoms with Gasteiger partial charge in [-0.2, -0.15) is 0 Å². The number of carbonyl (C=O) groups excluding carboxylic acids is 1. The number of carbonyl (C=O) groups is 1. The number of aryl methyl sites for hydroxylation is 1. The lowest BCUT2D eigenvalue weighted by Crippen LogP contribution is -2.26. The van der Waals surface area contributed by atoms with Crippen LogP contribution in [0.3, 0.4) is 0 Å². The third kappa shape index (κ3) is 5.61. The maximum Gasteiger partial charge on any atom is 0.262 e. The molecule has 0 unspecified atom stereocenters. The number of hydrogen-bond acceptors (Lipinski definition) is 4. The summed E-state index contributed by atoms with van der Waals surface area (Å²) in [5.41, 5.74) is 1.92. The van der Waals surface area contributed by atoms with Crippen molar-refractivity contribution in [1.82, 2.24) is 5.32 Å². The Balaban J connectivity index is 1.74. The maximum atomic E-state index is 13.0. The molecule has 0 aliphatic carbocycles. The maximum absolute atomic E-state index is 13.0. The number of amides is 1. The zero-order chi connectivity index (χ0) is 22.4. The van der Waals surface area contributed by atoms with Crippen molar-refractivity contribution in [1.29, 1.82) is 0 Å². The Kier molecular flexibility index (Phi) is 6.91. The van der Waals surface area contributed by atoms with Crippen LogP contribution >= 0.6 is 0 Å². The highest BCUT2D eigenvalue weighted by Crippen LogP contribution is 2.27. The van der Waals surface area contributed by atoms with Gasteiger partial charge < -0.3 is 10.1 Å². The Morgan fingerprint density at radius 2 is 1.74 bits per heavy atom. The Hall–Kier alpha value is -3.39. The molecule has 0 fully saturated rings. The Bertz CT molecular complexity index is 1180. The standard InChI is InChI=1S/C23H23FN2O4S/c1-16-7-10-18(23(27)25-14-13-17-8-11-19(24)12-9-17)15-22(16)31(28,29)26-20-5-3-4-6-21(20)30-2/h3-12,15,26H,13-14H2,1-2H3,(H,25,27). The molecule has 0 bridgehead atoms. The zero-order valence-corrected chi connectivity index (χ0v) is 18.0. The third-order valence-electron chi connectivity index (χ3n) is 4.70. The number of benzene rings is 3. The molecule has 0 heterocycles. The van der Waals surface area contributed by atoms with Crippen molar-refractivity contribution >= 4 is 21.6 Å². The zero-order valence-electron chi connectivity index (χ0n) is 17.2. The number of ether oxygens (including phenoxy) is 1. The molecule has 0 spiro atoms. The van der Waals surface area contributed by atoms with Crippen molar-refractivity contribution in [2.45, 2.75) is 18.2 Å². The average molecular weight is 443 g/mol. The van der Waals surface area contributed by atoms with Gasteiger partial charge >= 0.3 is 0 Å². The van der Waals surface area contributed by atoms with Gasteiger partial charge in [0.05, 0.1) is 17.7 Å². The molecular weight excluding hydrogens is 419 g/mol. The van der Waals surface area contributed by atoms with Gasteiger partial charge in [-0.15, -0.1) is 0 Å². The van der Waals surface area contributed by atoms with Crippen molar-refractivity contribution in [3.05, 3.63) is 89.2 Å². The summed E-state index contributed by atoms with van der Waals surface area (Å²) in [6.45, 7) is 1.99. The third-order valence-corrected chi connectivity index (χ3v) is 6.21. The van der Waals surface area contributed by atoms with Crippen LogP contribution in [0.2, 0.25) is 0 Å². The molecule has 0 aliphatic rings. The van der Waals surface area contributed by atoms with Crippen molar-refractivity contribution in [3.63, 3.8) is 0 Å². The van der Waals surface area contributed by atoms with Gasteiger partial charge in [0.25, 0.3) is 15.9 Å². The number of methoxy groups -OCH3 is 1. The second kappa shape index (κ2) is 9.61. The first kappa shape index (κ1) is 22.3. The number of nitrogens with one attached hydrogen (secondary N) is 2. The second-order valence-corrected chi connectivity index (χ2v) is 8.57. The van der Waals surface area contributed by atoms with Crippen LogP contribution < -0.4 is 14.8 Å². The number of sulfonamides is 1. The first-order valence-electron chi connectivity index (χ1n) is 9.59. The highest BCUT2D eigenvalue weighted by Gasteiger charge is 2.20. The lowest BCUT2D eigenvalue weighted by atomic mass is 10.1. The van der Waals surface area contributed by atoms with Gasteiger partial charge in [0.15, 0.2) is 0 Å². The van der Waals surface area contributed by atoms with Crippen LogP contribution in [0.1, 0.15) is 21.5 Å². The molecule has 0 radical (unpaired) electrons. The summed E-state index contributed by atoms with van der Waals surface area (Å²) in [5.74, 6) is -0.322. The minimum atomic E-state index is -3.95. The van der Waals surface area contributed by atoms with Crippen LogP contribution in [-0.4, -0.2) is 28.0 Å². The Labute approximate surface area is 181 Å². The summed E-state index contributed by atoms with van der Waals surface area (Å²) in [4.78, 5) is 12.5. The fourth-order valence-electron chi connectivity index (χ4n) is 3.03. The molecule has 0 atom stereocenters. The molecule has 3 aromatic carbocycles. The van der Waals surface area contributed by atoms with Crippen molar-refractivity contribution in [3.8, 4) is 5.75 Å². The summed E-state index contributed by atoms with van der Waals surface area (Å²) >= 11 is 0. The van der Waals surface area contributed by atoms with E-state index in [1.165, 1.54) is 25.3 Å². The Morgan fingerprint density at radius 3 is 2.45 bits per heavy atom. The van der Waals surface area contributed by atoms with Crippen molar-refractivity contribution in [2.75, 3.05) is 18.4 Å². The molecule has 2 N–H and O–H groups in total. The van der Waals surface area contributed by atoms with E-state index >= 15 is 0 Å².